The number of aromatic hydroxyl groups is 1. The Bertz CT molecular complexity index is 455. The first-order valence-electron chi connectivity index (χ1n) is 4.53. The summed E-state index contributed by atoms with van der Waals surface area (Å²) in [5, 5.41) is 9.59. The van der Waals surface area contributed by atoms with Gasteiger partial charge in [0.05, 0.1) is 14.2 Å². The third-order valence-corrected chi connectivity index (χ3v) is 2.47. The summed E-state index contributed by atoms with van der Waals surface area (Å²) >= 11 is 0. The second-order valence-electron chi connectivity index (χ2n) is 3.13. The summed E-state index contributed by atoms with van der Waals surface area (Å²) in [7, 11) is -2.03. The van der Waals surface area contributed by atoms with Crippen molar-refractivity contribution in [1.29, 1.82) is 0 Å². The van der Waals surface area contributed by atoms with Crippen molar-refractivity contribution in [2.24, 2.45) is 0 Å². The molecule has 0 fully saturated rings. The van der Waals surface area contributed by atoms with Crippen LogP contribution in [0.2, 0.25) is 0 Å². The molecular formula is C10H12FO5P. The predicted octanol–water partition coefficient (Wildman–Crippen LogP) is 2.54. The Hall–Kier alpha value is -1.52. The number of halogens is 1. The molecule has 0 heterocycles. The Morgan fingerprint density at radius 1 is 1.29 bits per heavy atom. The first kappa shape index (κ1) is 13.5. The molecule has 0 saturated heterocycles. The third-order valence-electron chi connectivity index (χ3n) is 1.95. The summed E-state index contributed by atoms with van der Waals surface area (Å²) in [5.74, 6) is 0.587. The molecule has 1 atom stereocenters. The molecular weight excluding hydrogens is 250 g/mol. The van der Waals surface area contributed by atoms with Gasteiger partial charge in [0.1, 0.15) is 0 Å². The molecule has 0 aliphatic rings. The van der Waals surface area contributed by atoms with Crippen LogP contribution in [0.3, 0.4) is 0 Å². The van der Waals surface area contributed by atoms with E-state index in [1.165, 1.54) is 26.4 Å². The Morgan fingerprint density at radius 2 is 1.76 bits per heavy atom. The fraction of sp³-hybridized carbons (Fsp3) is 0.200. The van der Waals surface area contributed by atoms with Gasteiger partial charge in [-0.2, -0.15) is 4.20 Å². The lowest BCUT2D eigenvalue weighted by Crippen LogP contribution is -1.90. The highest BCUT2D eigenvalue weighted by atomic mass is 31.2. The van der Waals surface area contributed by atoms with Gasteiger partial charge in [-0.05, 0) is 23.8 Å². The van der Waals surface area contributed by atoms with Crippen LogP contribution in [-0.2, 0) is 4.57 Å². The fourth-order valence-corrected chi connectivity index (χ4v) is 1.54. The number of phenolic OH excluding ortho intramolecular Hbond substituents is 1. The fourth-order valence-electron chi connectivity index (χ4n) is 1.19. The van der Waals surface area contributed by atoms with E-state index in [-0.39, 0.29) is 17.2 Å². The van der Waals surface area contributed by atoms with Crippen LogP contribution >= 0.6 is 7.68 Å². The van der Waals surface area contributed by atoms with Crippen molar-refractivity contribution < 1.29 is 28.2 Å². The van der Waals surface area contributed by atoms with Gasteiger partial charge in [0.2, 0.25) is 5.75 Å². The zero-order valence-electron chi connectivity index (χ0n) is 9.25. The molecule has 94 valence electrons. The van der Waals surface area contributed by atoms with Crippen LogP contribution in [0.5, 0.6) is 17.2 Å². The van der Waals surface area contributed by atoms with Crippen molar-refractivity contribution >= 4 is 13.8 Å². The van der Waals surface area contributed by atoms with Gasteiger partial charge >= 0.3 is 7.68 Å². The Balaban J connectivity index is 3.18. The average molecular weight is 262 g/mol. The third kappa shape index (κ3) is 3.76. The van der Waals surface area contributed by atoms with Gasteiger partial charge in [-0.1, -0.05) is 0 Å². The molecule has 17 heavy (non-hydrogen) atoms. The van der Waals surface area contributed by atoms with Crippen LogP contribution in [0.4, 0.5) is 4.20 Å². The summed E-state index contributed by atoms with van der Waals surface area (Å²) in [6.07, 6.45) is 1.10. The first-order chi connectivity index (χ1) is 7.87. The summed E-state index contributed by atoms with van der Waals surface area (Å²) in [5.41, 5.74) is 0.364. The number of hydrogen-bond acceptors (Lipinski definition) is 4. The van der Waals surface area contributed by atoms with Gasteiger partial charge in [-0.3, -0.25) is 4.57 Å². The minimum absolute atomic E-state index is 0.121. The van der Waals surface area contributed by atoms with Gasteiger partial charge in [0.25, 0.3) is 0 Å². The highest BCUT2D eigenvalue weighted by Gasteiger charge is 2.12. The van der Waals surface area contributed by atoms with Gasteiger partial charge in [0.15, 0.2) is 11.5 Å². The smallest absolute Gasteiger partial charge is 0.388 e. The number of benzene rings is 1. The van der Waals surface area contributed by atoms with Crippen molar-refractivity contribution in [3.8, 4) is 17.2 Å². The number of methoxy groups -OCH3 is 2. The summed E-state index contributed by atoms with van der Waals surface area (Å²) in [6.45, 7) is 0. The number of ether oxygens (including phenoxy) is 2. The van der Waals surface area contributed by atoms with E-state index < -0.39 is 7.68 Å². The van der Waals surface area contributed by atoms with E-state index in [1.807, 2.05) is 0 Å². The van der Waals surface area contributed by atoms with Crippen molar-refractivity contribution in [1.82, 2.24) is 0 Å². The molecule has 0 aliphatic heterocycles. The van der Waals surface area contributed by atoms with Crippen LogP contribution in [0.25, 0.3) is 6.08 Å². The average Bonchev–Trinajstić information content (AvgIpc) is 2.26. The standard InChI is InChI=1S/C10H12FO5P/c1-15-8-5-7(3-4-17(11,13)14)6-9(16-2)10(8)12/h3-6,12H,1-2H3,(H,13,14). The van der Waals surface area contributed by atoms with Crippen molar-refractivity contribution in [2.75, 3.05) is 14.2 Å². The SMILES string of the molecule is COc1cc(C=CP(=O)(O)F)cc(OC)c1O. The normalized spacial score (nSPS) is 14.6. The molecule has 1 aromatic rings. The van der Waals surface area contributed by atoms with E-state index in [1.54, 1.807) is 0 Å². The minimum Gasteiger partial charge on any atom is -0.502 e. The monoisotopic (exact) mass is 262 g/mol. The van der Waals surface area contributed by atoms with Gasteiger partial charge in [-0.25, -0.2) is 0 Å². The van der Waals surface area contributed by atoms with Crippen molar-refractivity contribution in [3.63, 3.8) is 0 Å². The maximum atomic E-state index is 12.4. The first-order valence-corrected chi connectivity index (χ1v) is 6.15. The molecule has 1 unspecified atom stereocenters. The van der Waals surface area contributed by atoms with Gasteiger partial charge in [-0.15, -0.1) is 0 Å². The van der Waals surface area contributed by atoms with Crippen LogP contribution in [-0.4, -0.2) is 24.2 Å². The molecule has 1 aromatic carbocycles. The Kier molecular flexibility index (Phi) is 4.15. The van der Waals surface area contributed by atoms with Gasteiger partial charge < -0.3 is 19.5 Å². The molecule has 0 radical (unpaired) electrons. The zero-order valence-corrected chi connectivity index (χ0v) is 10.1. The molecule has 2 N–H and O–H groups in total. The molecule has 7 heteroatoms. The Labute approximate surface area is 97.7 Å². The number of phenols is 1. The van der Waals surface area contributed by atoms with Crippen LogP contribution < -0.4 is 9.47 Å². The quantitative estimate of drug-likeness (QED) is 0.815. The van der Waals surface area contributed by atoms with E-state index in [4.69, 9.17) is 14.4 Å². The van der Waals surface area contributed by atoms with E-state index in [9.17, 15) is 13.9 Å². The van der Waals surface area contributed by atoms with E-state index in [0.29, 0.717) is 11.4 Å². The Morgan fingerprint density at radius 3 is 2.12 bits per heavy atom. The molecule has 0 amide bonds. The number of rotatable bonds is 4. The molecule has 0 saturated carbocycles. The van der Waals surface area contributed by atoms with E-state index in [0.717, 1.165) is 6.08 Å². The molecule has 5 nitrogen and oxygen atoms in total. The molecule has 0 aliphatic carbocycles. The zero-order chi connectivity index (χ0) is 13.1. The lowest BCUT2D eigenvalue weighted by Gasteiger charge is -2.09. The number of hydrogen-bond donors (Lipinski definition) is 2. The molecule has 1 rings (SSSR count). The maximum Gasteiger partial charge on any atom is 0.388 e. The topological polar surface area (TPSA) is 76.0 Å². The second-order valence-corrected chi connectivity index (χ2v) is 4.52. The van der Waals surface area contributed by atoms with Crippen molar-refractivity contribution in [2.45, 2.75) is 0 Å². The molecule has 0 spiro atoms. The van der Waals surface area contributed by atoms with Crippen molar-refractivity contribution in [3.05, 3.63) is 23.5 Å². The highest BCUT2D eigenvalue weighted by molar-refractivity contribution is 7.56. The summed E-state index contributed by atoms with van der Waals surface area (Å²) in [4.78, 5) is 8.48. The lowest BCUT2D eigenvalue weighted by molar-refractivity contribution is 0.340. The maximum absolute atomic E-state index is 12.4. The van der Waals surface area contributed by atoms with Crippen LogP contribution in [0.1, 0.15) is 5.56 Å². The summed E-state index contributed by atoms with van der Waals surface area (Å²) < 4.78 is 32.6. The van der Waals surface area contributed by atoms with Crippen LogP contribution in [0, 0.1) is 0 Å². The predicted molar refractivity (Wildman–Crippen MR) is 61.2 cm³/mol. The van der Waals surface area contributed by atoms with E-state index in [2.05, 4.69) is 0 Å². The highest BCUT2D eigenvalue weighted by Crippen LogP contribution is 2.45. The second kappa shape index (κ2) is 5.21. The largest absolute Gasteiger partial charge is 0.502 e. The summed E-state index contributed by atoms with van der Waals surface area (Å²) in [6, 6.07) is 2.76. The van der Waals surface area contributed by atoms with E-state index >= 15 is 0 Å². The minimum atomic E-state index is -4.71. The lowest BCUT2D eigenvalue weighted by atomic mass is 10.2. The molecule has 0 aromatic heterocycles. The molecule has 0 bridgehead atoms. The van der Waals surface area contributed by atoms with Crippen LogP contribution in [0.15, 0.2) is 17.9 Å². The van der Waals surface area contributed by atoms with Gasteiger partial charge in [0, 0.05) is 5.82 Å².